The molecule has 0 aromatic heterocycles. The van der Waals surface area contributed by atoms with E-state index in [-0.39, 0.29) is 5.91 Å². The Hall–Kier alpha value is -0.610. The van der Waals surface area contributed by atoms with Crippen molar-refractivity contribution >= 4 is 5.91 Å². The van der Waals surface area contributed by atoms with Gasteiger partial charge in [-0.1, -0.05) is 0 Å². The van der Waals surface area contributed by atoms with Crippen molar-refractivity contribution in [1.29, 1.82) is 0 Å². The number of hydrogen-bond donors (Lipinski definition) is 2. The van der Waals surface area contributed by atoms with Crippen molar-refractivity contribution in [2.75, 3.05) is 27.2 Å². The van der Waals surface area contributed by atoms with Crippen LogP contribution in [0.4, 0.5) is 0 Å². The molecule has 1 unspecified atom stereocenters. The molecule has 3 N–H and O–H groups in total. The van der Waals surface area contributed by atoms with E-state index in [4.69, 9.17) is 5.73 Å². The smallest absolute Gasteiger partial charge is 0.242 e. The highest BCUT2D eigenvalue weighted by atomic mass is 16.2. The average Bonchev–Trinajstić information content (AvgIpc) is 3.00. The number of hydrogen-bond acceptors (Lipinski definition) is 3. The standard InChI is InChI=1S/C11H23N3O/c1-11(12,9-5-6-9)10(15)14(3)8-4-7-13-2/h9,13H,4-8,12H2,1-3H3. The van der Waals surface area contributed by atoms with Crippen LogP contribution >= 0.6 is 0 Å². The highest BCUT2D eigenvalue weighted by Gasteiger charge is 2.45. The van der Waals surface area contributed by atoms with Crippen molar-refractivity contribution in [2.24, 2.45) is 11.7 Å². The molecule has 0 radical (unpaired) electrons. The van der Waals surface area contributed by atoms with Gasteiger partial charge in [-0.15, -0.1) is 0 Å². The van der Waals surface area contributed by atoms with Crippen LogP contribution in [0.15, 0.2) is 0 Å². The average molecular weight is 213 g/mol. The Morgan fingerprint density at radius 1 is 1.60 bits per heavy atom. The Morgan fingerprint density at radius 2 is 2.20 bits per heavy atom. The summed E-state index contributed by atoms with van der Waals surface area (Å²) < 4.78 is 0. The first-order chi connectivity index (χ1) is 7.00. The SMILES string of the molecule is CNCCCN(C)C(=O)C(C)(N)C1CC1. The quantitative estimate of drug-likeness (QED) is 0.619. The highest BCUT2D eigenvalue weighted by Crippen LogP contribution is 2.38. The third kappa shape index (κ3) is 3.18. The van der Waals surface area contributed by atoms with Crippen LogP contribution in [0.1, 0.15) is 26.2 Å². The van der Waals surface area contributed by atoms with E-state index in [1.165, 1.54) is 0 Å². The van der Waals surface area contributed by atoms with Crippen LogP contribution in [-0.2, 0) is 4.79 Å². The highest BCUT2D eigenvalue weighted by molar-refractivity contribution is 5.86. The summed E-state index contributed by atoms with van der Waals surface area (Å²) in [6, 6.07) is 0. The maximum atomic E-state index is 12.0. The van der Waals surface area contributed by atoms with E-state index in [9.17, 15) is 4.79 Å². The molecular weight excluding hydrogens is 190 g/mol. The second kappa shape index (κ2) is 4.94. The predicted octanol–water partition coefficient (Wildman–Crippen LogP) is 0.182. The third-order valence-electron chi connectivity index (χ3n) is 3.15. The molecule has 0 heterocycles. The first-order valence-electron chi connectivity index (χ1n) is 5.69. The second-order valence-corrected chi connectivity index (χ2v) is 4.74. The van der Waals surface area contributed by atoms with Gasteiger partial charge in [-0.2, -0.15) is 0 Å². The first-order valence-corrected chi connectivity index (χ1v) is 5.69. The van der Waals surface area contributed by atoms with Crippen LogP contribution < -0.4 is 11.1 Å². The summed E-state index contributed by atoms with van der Waals surface area (Å²) in [5, 5.41) is 3.07. The monoisotopic (exact) mass is 213 g/mol. The molecule has 0 saturated heterocycles. The number of rotatable bonds is 6. The molecular formula is C11H23N3O. The number of amides is 1. The molecule has 88 valence electrons. The molecule has 15 heavy (non-hydrogen) atoms. The van der Waals surface area contributed by atoms with Gasteiger partial charge in [0.05, 0.1) is 5.54 Å². The lowest BCUT2D eigenvalue weighted by molar-refractivity contribution is -0.135. The van der Waals surface area contributed by atoms with Crippen molar-refractivity contribution in [3.8, 4) is 0 Å². The lowest BCUT2D eigenvalue weighted by Gasteiger charge is -2.29. The molecule has 1 rings (SSSR count). The summed E-state index contributed by atoms with van der Waals surface area (Å²) in [6.07, 6.45) is 3.17. The molecule has 1 saturated carbocycles. The molecule has 1 aliphatic carbocycles. The fourth-order valence-electron chi connectivity index (χ4n) is 1.86. The summed E-state index contributed by atoms with van der Waals surface area (Å²) >= 11 is 0. The normalized spacial score (nSPS) is 19.7. The van der Waals surface area contributed by atoms with Gasteiger partial charge in [0.2, 0.25) is 5.91 Å². The summed E-state index contributed by atoms with van der Waals surface area (Å²) in [5.41, 5.74) is 5.42. The van der Waals surface area contributed by atoms with E-state index >= 15 is 0 Å². The fraction of sp³-hybridized carbons (Fsp3) is 0.909. The van der Waals surface area contributed by atoms with Gasteiger partial charge in [0.1, 0.15) is 0 Å². The molecule has 0 aliphatic heterocycles. The van der Waals surface area contributed by atoms with Gasteiger partial charge in [0.25, 0.3) is 0 Å². The summed E-state index contributed by atoms with van der Waals surface area (Å²) in [7, 11) is 3.75. The Kier molecular flexibility index (Phi) is 4.11. The zero-order valence-electron chi connectivity index (χ0n) is 10.0. The largest absolute Gasteiger partial charge is 0.344 e. The number of carbonyl (C=O) groups is 1. The second-order valence-electron chi connectivity index (χ2n) is 4.74. The topological polar surface area (TPSA) is 58.4 Å². The molecule has 1 aliphatic rings. The molecule has 1 atom stereocenters. The Morgan fingerprint density at radius 3 is 2.67 bits per heavy atom. The number of nitrogens with two attached hydrogens (primary N) is 1. The molecule has 0 aromatic carbocycles. The van der Waals surface area contributed by atoms with Gasteiger partial charge in [-0.05, 0) is 45.7 Å². The van der Waals surface area contributed by atoms with E-state index in [1.807, 2.05) is 21.0 Å². The molecule has 0 bridgehead atoms. The van der Waals surface area contributed by atoms with Crippen LogP contribution in [0.5, 0.6) is 0 Å². The lowest BCUT2D eigenvalue weighted by Crippen LogP contribution is -2.54. The van der Waals surface area contributed by atoms with E-state index in [0.717, 1.165) is 32.4 Å². The first kappa shape index (κ1) is 12.5. The van der Waals surface area contributed by atoms with Crippen molar-refractivity contribution in [3.63, 3.8) is 0 Å². The summed E-state index contributed by atoms with van der Waals surface area (Å²) in [4.78, 5) is 13.8. The van der Waals surface area contributed by atoms with E-state index < -0.39 is 5.54 Å². The zero-order chi connectivity index (χ0) is 11.5. The Bertz CT molecular complexity index is 224. The van der Waals surface area contributed by atoms with Gasteiger partial charge in [-0.3, -0.25) is 4.79 Å². The minimum atomic E-state index is -0.644. The fourth-order valence-corrected chi connectivity index (χ4v) is 1.86. The zero-order valence-corrected chi connectivity index (χ0v) is 10.0. The Balaban J connectivity index is 2.37. The van der Waals surface area contributed by atoms with Gasteiger partial charge < -0.3 is 16.0 Å². The van der Waals surface area contributed by atoms with Gasteiger partial charge in [0, 0.05) is 13.6 Å². The van der Waals surface area contributed by atoms with Crippen LogP contribution in [0.3, 0.4) is 0 Å². The van der Waals surface area contributed by atoms with Crippen molar-refractivity contribution in [1.82, 2.24) is 10.2 Å². The maximum Gasteiger partial charge on any atom is 0.242 e. The Labute approximate surface area is 92.2 Å². The van der Waals surface area contributed by atoms with Gasteiger partial charge in [-0.25, -0.2) is 0 Å². The number of likely N-dealkylation sites (N-methyl/N-ethyl adjacent to an activating group) is 1. The molecule has 1 amide bonds. The van der Waals surface area contributed by atoms with E-state index in [2.05, 4.69) is 5.32 Å². The van der Waals surface area contributed by atoms with Crippen molar-refractivity contribution < 1.29 is 4.79 Å². The van der Waals surface area contributed by atoms with Crippen molar-refractivity contribution in [2.45, 2.75) is 31.7 Å². The minimum Gasteiger partial charge on any atom is -0.344 e. The van der Waals surface area contributed by atoms with Crippen LogP contribution in [0, 0.1) is 5.92 Å². The predicted molar refractivity (Wildman–Crippen MR) is 61.5 cm³/mol. The lowest BCUT2D eigenvalue weighted by atomic mass is 9.95. The number of carbonyl (C=O) groups excluding carboxylic acids is 1. The molecule has 1 fully saturated rings. The number of nitrogens with zero attached hydrogens (tertiary/aromatic N) is 1. The van der Waals surface area contributed by atoms with E-state index in [1.54, 1.807) is 4.90 Å². The summed E-state index contributed by atoms with van der Waals surface area (Å²) in [6.45, 7) is 3.57. The van der Waals surface area contributed by atoms with Crippen LogP contribution in [0.25, 0.3) is 0 Å². The maximum absolute atomic E-state index is 12.0. The van der Waals surface area contributed by atoms with E-state index in [0.29, 0.717) is 5.92 Å². The van der Waals surface area contributed by atoms with Crippen LogP contribution in [0.2, 0.25) is 0 Å². The minimum absolute atomic E-state index is 0.0844. The molecule has 4 heteroatoms. The summed E-state index contributed by atoms with van der Waals surface area (Å²) in [5.74, 6) is 0.484. The third-order valence-corrected chi connectivity index (χ3v) is 3.15. The van der Waals surface area contributed by atoms with Gasteiger partial charge >= 0.3 is 0 Å². The van der Waals surface area contributed by atoms with Gasteiger partial charge in [0.15, 0.2) is 0 Å². The molecule has 4 nitrogen and oxygen atoms in total. The van der Waals surface area contributed by atoms with Crippen LogP contribution in [-0.4, -0.2) is 43.5 Å². The molecule has 0 aromatic rings. The number of nitrogens with one attached hydrogen (secondary N) is 1. The van der Waals surface area contributed by atoms with Crippen molar-refractivity contribution in [3.05, 3.63) is 0 Å². The molecule has 0 spiro atoms.